The summed E-state index contributed by atoms with van der Waals surface area (Å²) in [4.78, 5) is 27.0. The molecular weight excluding hydrogens is 244 g/mol. The average molecular weight is 262 g/mol. The van der Waals surface area contributed by atoms with Gasteiger partial charge in [0, 0.05) is 24.3 Å². The van der Waals surface area contributed by atoms with Crippen molar-refractivity contribution in [2.45, 2.75) is 13.0 Å². The third-order valence-electron chi connectivity index (χ3n) is 3.52. The van der Waals surface area contributed by atoms with Crippen molar-refractivity contribution in [3.8, 4) is 0 Å². The number of rotatable bonds is 3. The van der Waals surface area contributed by atoms with Crippen molar-refractivity contribution in [3.63, 3.8) is 0 Å². The van der Waals surface area contributed by atoms with Crippen LogP contribution >= 0.6 is 0 Å². The molecule has 0 radical (unpaired) electrons. The Balaban J connectivity index is 2.21. The van der Waals surface area contributed by atoms with Gasteiger partial charge in [-0.3, -0.25) is 14.5 Å². The lowest BCUT2D eigenvalue weighted by Crippen LogP contribution is -2.57. The number of carbonyl (C=O) groups is 2. The molecule has 2 rings (SSSR count). The van der Waals surface area contributed by atoms with E-state index < -0.39 is 6.04 Å². The molecule has 1 aliphatic rings. The van der Waals surface area contributed by atoms with Crippen molar-refractivity contribution >= 4 is 17.4 Å². The van der Waals surface area contributed by atoms with E-state index in [0.717, 1.165) is 5.69 Å². The fraction of sp³-hybridized carbons (Fsp3) is 0.429. The number of likely N-dealkylation sites (N-methyl/N-ethyl adjacent to an activating group) is 1. The van der Waals surface area contributed by atoms with Gasteiger partial charge in [-0.25, -0.2) is 0 Å². The molecule has 1 saturated heterocycles. The molecule has 1 heterocycles. The number of nitrogens with zero attached hydrogens (tertiary/aromatic N) is 2. The van der Waals surface area contributed by atoms with Gasteiger partial charge in [0.05, 0.1) is 6.61 Å². The van der Waals surface area contributed by atoms with Crippen LogP contribution in [0.1, 0.15) is 17.3 Å². The summed E-state index contributed by atoms with van der Waals surface area (Å²) in [7, 11) is 1.83. The molecule has 1 N–H and O–H groups in total. The van der Waals surface area contributed by atoms with Crippen LogP contribution in [0.3, 0.4) is 0 Å². The molecule has 5 nitrogen and oxygen atoms in total. The van der Waals surface area contributed by atoms with Gasteiger partial charge in [-0.05, 0) is 38.2 Å². The third kappa shape index (κ3) is 2.67. The zero-order valence-electron chi connectivity index (χ0n) is 11.2. The Labute approximate surface area is 112 Å². The molecule has 102 valence electrons. The van der Waals surface area contributed by atoms with Crippen LogP contribution in [0.5, 0.6) is 0 Å². The minimum absolute atomic E-state index is 0.00416. The van der Waals surface area contributed by atoms with Crippen LogP contribution < -0.4 is 4.90 Å². The maximum absolute atomic E-state index is 12.2. The van der Waals surface area contributed by atoms with E-state index in [-0.39, 0.29) is 18.3 Å². The highest BCUT2D eigenvalue weighted by Gasteiger charge is 2.32. The lowest BCUT2D eigenvalue weighted by Gasteiger charge is -2.37. The quantitative estimate of drug-likeness (QED) is 0.807. The van der Waals surface area contributed by atoms with Crippen molar-refractivity contribution in [1.29, 1.82) is 0 Å². The second kappa shape index (κ2) is 5.50. The molecule has 0 spiro atoms. The van der Waals surface area contributed by atoms with Gasteiger partial charge in [-0.15, -0.1) is 0 Å². The molecule has 0 bridgehead atoms. The van der Waals surface area contributed by atoms with E-state index in [1.807, 2.05) is 11.9 Å². The average Bonchev–Trinajstić information content (AvgIpc) is 2.39. The highest BCUT2D eigenvalue weighted by atomic mass is 16.3. The number of ketones is 1. The Bertz CT molecular complexity index is 484. The normalized spacial score (nSPS) is 20.7. The second-order valence-electron chi connectivity index (χ2n) is 4.77. The molecule has 19 heavy (non-hydrogen) atoms. The van der Waals surface area contributed by atoms with Crippen molar-refractivity contribution in [1.82, 2.24) is 4.90 Å². The lowest BCUT2D eigenvalue weighted by molar-refractivity contribution is -0.126. The van der Waals surface area contributed by atoms with Crippen molar-refractivity contribution in [2.75, 3.05) is 31.6 Å². The van der Waals surface area contributed by atoms with Crippen LogP contribution in [0.15, 0.2) is 24.3 Å². The number of piperazine rings is 1. The number of Topliss-reactive ketones (excluding diaryl/α,β-unsaturated/α-hetero) is 1. The van der Waals surface area contributed by atoms with Crippen LogP contribution in [0.4, 0.5) is 5.69 Å². The number of aliphatic hydroxyl groups excluding tert-OH is 1. The topological polar surface area (TPSA) is 60.9 Å². The summed E-state index contributed by atoms with van der Waals surface area (Å²) in [5, 5.41) is 9.28. The molecule has 1 atom stereocenters. The van der Waals surface area contributed by atoms with Crippen LogP contribution in [-0.2, 0) is 4.79 Å². The van der Waals surface area contributed by atoms with Crippen molar-refractivity contribution < 1.29 is 14.7 Å². The van der Waals surface area contributed by atoms with Crippen LogP contribution in [0.2, 0.25) is 0 Å². The standard InChI is InChI=1S/C14H18N2O3/c1-10(18)11-3-5-12(6-4-11)16-8-7-15(2)13(9-17)14(16)19/h3-6,13,17H,7-9H2,1-2H3. The van der Waals surface area contributed by atoms with Gasteiger partial charge in [0.25, 0.3) is 0 Å². The van der Waals surface area contributed by atoms with E-state index in [9.17, 15) is 14.7 Å². The van der Waals surface area contributed by atoms with Crippen molar-refractivity contribution in [2.24, 2.45) is 0 Å². The number of amides is 1. The van der Waals surface area contributed by atoms with Gasteiger partial charge in [0.2, 0.25) is 5.91 Å². The molecule has 5 heteroatoms. The zero-order valence-corrected chi connectivity index (χ0v) is 11.2. The number of aliphatic hydroxyl groups is 1. The first-order valence-corrected chi connectivity index (χ1v) is 6.28. The minimum atomic E-state index is -0.485. The SMILES string of the molecule is CC(=O)c1ccc(N2CCN(C)C(CO)C2=O)cc1. The summed E-state index contributed by atoms with van der Waals surface area (Å²) in [6.07, 6.45) is 0. The van der Waals surface area contributed by atoms with Gasteiger partial charge in [-0.1, -0.05) is 0 Å². The molecule has 1 amide bonds. The highest BCUT2D eigenvalue weighted by molar-refractivity contribution is 5.99. The van der Waals surface area contributed by atoms with Gasteiger partial charge in [0.1, 0.15) is 6.04 Å². The van der Waals surface area contributed by atoms with E-state index in [1.54, 1.807) is 29.2 Å². The molecule has 1 aromatic carbocycles. The maximum atomic E-state index is 12.2. The van der Waals surface area contributed by atoms with Gasteiger partial charge in [-0.2, -0.15) is 0 Å². The van der Waals surface area contributed by atoms with Gasteiger partial charge >= 0.3 is 0 Å². The third-order valence-corrected chi connectivity index (χ3v) is 3.52. The smallest absolute Gasteiger partial charge is 0.246 e. The van der Waals surface area contributed by atoms with E-state index in [0.29, 0.717) is 18.7 Å². The van der Waals surface area contributed by atoms with E-state index in [4.69, 9.17) is 0 Å². The van der Waals surface area contributed by atoms with E-state index in [1.165, 1.54) is 6.92 Å². The number of carbonyl (C=O) groups excluding carboxylic acids is 2. The van der Waals surface area contributed by atoms with Crippen LogP contribution in [0, 0.1) is 0 Å². The molecule has 1 unspecified atom stereocenters. The molecule has 0 aliphatic carbocycles. The molecule has 1 aromatic rings. The minimum Gasteiger partial charge on any atom is -0.394 e. The zero-order chi connectivity index (χ0) is 14.0. The summed E-state index contributed by atoms with van der Waals surface area (Å²) in [5.74, 6) is -0.101. The number of benzene rings is 1. The molecule has 0 aromatic heterocycles. The first-order valence-electron chi connectivity index (χ1n) is 6.28. The summed E-state index contributed by atoms with van der Waals surface area (Å²) in [5.41, 5.74) is 1.39. The van der Waals surface area contributed by atoms with E-state index in [2.05, 4.69) is 0 Å². The first-order chi connectivity index (χ1) is 9.04. The predicted molar refractivity (Wildman–Crippen MR) is 72.3 cm³/mol. The summed E-state index contributed by atoms with van der Waals surface area (Å²) >= 11 is 0. The Morgan fingerprint density at radius 2 is 1.95 bits per heavy atom. The predicted octanol–water partition coefficient (Wildman–Crippen LogP) is 0.528. The monoisotopic (exact) mass is 262 g/mol. The fourth-order valence-corrected chi connectivity index (χ4v) is 2.24. The molecule has 1 aliphatic heterocycles. The number of hydrogen-bond donors (Lipinski definition) is 1. The summed E-state index contributed by atoms with van der Waals surface area (Å²) in [6.45, 7) is 2.63. The highest BCUT2D eigenvalue weighted by Crippen LogP contribution is 2.20. The summed E-state index contributed by atoms with van der Waals surface area (Å²) < 4.78 is 0. The molecule has 1 fully saturated rings. The largest absolute Gasteiger partial charge is 0.394 e. The van der Waals surface area contributed by atoms with Gasteiger partial charge < -0.3 is 10.0 Å². The Morgan fingerprint density at radius 1 is 1.32 bits per heavy atom. The van der Waals surface area contributed by atoms with Crippen LogP contribution in [-0.4, -0.2) is 54.5 Å². The first kappa shape index (κ1) is 13.7. The maximum Gasteiger partial charge on any atom is 0.246 e. The summed E-state index contributed by atoms with van der Waals surface area (Å²) in [6, 6.07) is 6.50. The Hall–Kier alpha value is -1.72. The van der Waals surface area contributed by atoms with Gasteiger partial charge in [0.15, 0.2) is 5.78 Å². The Kier molecular flexibility index (Phi) is 3.97. The number of hydrogen-bond acceptors (Lipinski definition) is 4. The fourth-order valence-electron chi connectivity index (χ4n) is 2.24. The Morgan fingerprint density at radius 3 is 2.47 bits per heavy atom. The second-order valence-corrected chi connectivity index (χ2v) is 4.77. The molecular formula is C14H18N2O3. The lowest BCUT2D eigenvalue weighted by atomic mass is 10.1. The molecule has 0 saturated carbocycles. The van der Waals surface area contributed by atoms with Crippen molar-refractivity contribution in [3.05, 3.63) is 29.8 Å². The number of anilines is 1. The van der Waals surface area contributed by atoms with E-state index >= 15 is 0 Å². The van der Waals surface area contributed by atoms with Crippen LogP contribution in [0.25, 0.3) is 0 Å².